The Hall–Kier alpha value is -1.56. The van der Waals surface area contributed by atoms with E-state index in [-0.39, 0.29) is 0 Å². The number of thiophene rings is 1. The fraction of sp³-hybridized carbons (Fsp3) is 0.200. The molecule has 0 amide bonds. The molecule has 0 aliphatic carbocycles. The molecule has 22 heavy (non-hydrogen) atoms. The molecule has 0 spiro atoms. The van der Waals surface area contributed by atoms with E-state index >= 15 is 0 Å². The van der Waals surface area contributed by atoms with Gasteiger partial charge in [-0.05, 0) is 36.1 Å². The lowest BCUT2D eigenvalue weighted by atomic mass is 10.3. The molecule has 0 aliphatic rings. The lowest BCUT2D eigenvalue weighted by molar-refractivity contribution is 0.305. The molecule has 0 N–H and O–H groups in total. The molecule has 0 unspecified atom stereocenters. The summed E-state index contributed by atoms with van der Waals surface area (Å²) >= 11 is 13.4. The monoisotopic (exact) mass is 354 g/mol. The summed E-state index contributed by atoms with van der Waals surface area (Å²) in [6.45, 7) is 0.512. The van der Waals surface area contributed by atoms with E-state index in [2.05, 4.69) is 10.2 Å². The van der Waals surface area contributed by atoms with Crippen LogP contribution in [0.5, 0.6) is 5.75 Å². The van der Waals surface area contributed by atoms with Gasteiger partial charge in [-0.15, -0.1) is 21.5 Å². The standard InChI is InChI=1S/C15H12Cl2N2O2S/c16-10-5-6-12(11(17)9-10)20-7-1-4-14-18-19-15(21-14)13-3-2-8-22-13/h2-3,5-6,8-9H,1,4,7H2. The van der Waals surface area contributed by atoms with Crippen LogP contribution in [0.25, 0.3) is 10.8 Å². The molecule has 3 aromatic rings. The fourth-order valence-electron chi connectivity index (χ4n) is 1.85. The first-order chi connectivity index (χ1) is 10.7. The third kappa shape index (κ3) is 3.80. The Morgan fingerprint density at radius 1 is 1.18 bits per heavy atom. The second-order valence-electron chi connectivity index (χ2n) is 4.51. The zero-order valence-corrected chi connectivity index (χ0v) is 13.8. The summed E-state index contributed by atoms with van der Waals surface area (Å²) in [7, 11) is 0. The third-order valence-electron chi connectivity index (χ3n) is 2.89. The van der Waals surface area contributed by atoms with Crippen molar-refractivity contribution in [1.82, 2.24) is 10.2 Å². The molecule has 0 saturated heterocycles. The molecular weight excluding hydrogens is 343 g/mol. The van der Waals surface area contributed by atoms with Crippen LogP contribution in [-0.4, -0.2) is 16.8 Å². The first-order valence-corrected chi connectivity index (χ1v) is 8.30. The Morgan fingerprint density at radius 2 is 2.09 bits per heavy atom. The summed E-state index contributed by atoms with van der Waals surface area (Å²) in [6, 6.07) is 9.06. The van der Waals surface area contributed by atoms with Crippen LogP contribution in [0.1, 0.15) is 12.3 Å². The minimum Gasteiger partial charge on any atom is -0.492 e. The number of halogens is 2. The Kier molecular flexibility index (Phi) is 4.97. The zero-order valence-electron chi connectivity index (χ0n) is 11.5. The van der Waals surface area contributed by atoms with E-state index in [0.29, 0.717) is 40.6 Å². The SMILES string of the molecule is Clc1ccc(OCCCc2nnc(-c3cccs3)o2)c(Cl)c1. The Labute approximate surface area is 141 Å². The number of aromatic nitrogens is 2. The molecule has 0 radical (unpaired) electrons. The van der Waals surface area contributed by atoms with Gasteiger partial charge < -0.3 is 9.15 Å². The van der Waals surface area contributed by atoms with E-state index in [4.69, 9.17) is 32.4 Å². The molecule has 1 aromatic carbocycles. The molecule has 0 saturated carbocycles. The average Bonchev–Trinajstić information content (AvgIpc) is 3.16. The second-order valence-corrected chi connectivity index (χ2v) is 6.30. The maximum atomic E-state index is 6.04. The summed E-state index contributed by atoms with van der Waals surface area (Å²) in [5, 5.41) is 11.1. The van der Waals surface area contributed by atoms with Crippen LogP contribution in [0, 0.1) is 0 Å². The molecule has 2 aromatic heterocycles. The smallest absolute Gasteiger partial charge is 0.257 e. The summed E-state index contributed by atoms with van der Waals surface area (Å²) < 4.78 is 11.2. The van der Waals surface area contributed by atoms with Gasteiger partial charge in [0.1, 0.15) is 5.75 Å². The number of benzene rings is 1. The topological polar surface area (TPSA) is 48.2 Å². The van der Waals surface area contributed by atoms with Gasteiger partial charge in [-0.2, -0.15) is 0 Å². The minimum atomic E-state index is 0.505. The summed E-state index contributed by atoms with van der Waals surface area (Å²) in [5.74, 6) is 1.79. The molecule has 0 atom stereocenters. The second kappa shape index (κ2) is 7.13. The zero-order chi connectivity index (χ0) is 15.4. The van der Waals surface area contributed by atoms with Gasteiger partial charge >= 0.3 is 0 Å². The van der Waals surface area contributed by atoms with Crippen molar-refractivity contribution in [2.45, 2.75) is 12.8 Å². The van der Waals surface area contributed by atoms with Crippen molar-refractivity contribution in [1.29, 1.82) is 0 Å². The van der Waals surface area contributed by atoms with E-state index in [1.165, 1.54) is 0 Å². The molecule has 0 aliphatic heterocycles. The lowest BCUT2D eigenvalue weighted by Crippen LogP contribution is -2.00. The molecular formula is C15H12Cl2N2O2S. The van der Waals surface area contributed by atoms with E-state index in [0.717, 1.165) is 11.3 Å². The quantitative estimate of drug-likeness (QED) is 0.576. The Morgan fingerprint density at radius 3 is 2.86 bits per heavy atom. The predicted octanol–water partition coefficient (Wildman–Crippen LogP) is 5.12. The summed E-state index contributed by atoms with van der Waals surface area (Å²) in [5.41, 5.74) is 0. The molecule has 0 bridgehead atoms. The molecule has 4 nitrogen and oxygen atoms in total. The number of hydrogen-bond acceptors (Lipinski definition) is 5. The largest absolute Gasteiger partial charge is 0.492 e. The Bertz CT molecular complexity index is 744. The maximum absolute atomic E-state index is 6.04. The number of aryl methyl sites for hydroxylation is 1. The third-order valence-corrected chi connectivity index (χ3v) is 4.27. The number of nitrogens with zero attached hydrogens (tertiary/aromatic N) is 2. The van der Waals surface area contributed by atoms with E-state index in [1.54, 1.807) is 29.5 Å². The van der Waals surface area contributed by atoms with Crippen molar-refractivity contribution in [3.8, 4) is 16.5 Å². The van der Waals surface area contributed by atoms with Crippen molar-refractivity contribution >= 4 is 34.5 Å². The highest BCUT2D eigenvalue weighted by molar-refractivity contribution is 7.13. The van der Waals surface area contributed by atoms with Crippen LogP contribution >= 0.6 is 34.5 Å². The molecule has 114 valence electrons. The van der Waals surface area contributed by atoms with Crippen LogP contribution in [-0.2, 0) is 6.42 Å². The van der Waals surface area contributed by atoms with Crippen LogP contribution in [0.2, 0.25) is 10.0 Å². The average molecular weight is 355 g/mol. The predicted molar refractivity (Wildman–Crippen MR) is 87.9 cm³/mol. The van der Waals surface area contributed by atoms with Gasteiger partial charge in [0.05, 0.1) is 16.5 Å². The van der Waals surface area contributed by atoms with Gasteiger partial charge in [-0.25, -0.2) is 0 Å². The number of ether oxygens (including phenoxy) is 1. The number of hydrogen-bond donors (Lipinski definition) is 0. The van der Waals surface area contributed by atoms with Gasteiger partial charge in [0.25, 0.3) is 5.89 Å². The van der Waals surface area contributed by atoms with Gasteiger partial charge in [0.2, 0.25) is 5.89 Å². The van der Waals surface area contributed by atoms with Gasteiger partial charge in [0, 0.05) is 11.4 Å². The summed E-state index contributed by atoms with van der Waals surface area (Å²) in [6.07, 6.45) is 1.41. The summed E-state index contributed by atoms with van der Waals surface area (Å²) in [4.78, 5) is 0.975. The van der Waals surface area contributed by atoms with Crippen LogP contribution in [0.15, 0.2) is 40.1 Å². The van der Waals surface area contributed by atoms with E-state index in [1.807, 2.05) is 17.5 Å². The first kappa shape index (κ1) is 15.3. The highest BCUT2D eigenvalue weighted by Crippen LogP contribution is 2.27. The van der Waals surface area contributed by atoms with Gasteiger partial charge in [0.15, 0.2) is 0 Å². The lowest BCUT2D eigenvalue weighted by Gasteiger charge is -2.07. The van der Waals surface area contributed by atoms with Crippen molar-refractivity contribution in [2.24, 2.45) is 0 Å². The van der Waals surface area contributed by atoms with Crippen molar-refractivity contribution < 1.29 is 9.15 Å². The molecule has 3 rings (SSSR count). The van der Waals surface area contributed by atoms with E-state index in [9.17, 15) is 0 Å². The fourth-order valence-corrected chi connectivity index (χ4v) is 2.96. The molecule has 2 heterocycles. The van der Waals surface area contributed by atoms with Gasteiger partial charge in [-0.1, -0.05) is 29.3 Å². The van der Waals surface area contributed by atoms with E-state index < -0.39 is 0 Å². The minimum absolute atomic E-state index is 0.505. The maximum Gasteiger partial charge on any atom is 0.257 e. The highest BCUT2D eigenvalue weighted by atomic mass is 35.5. The van der Waals surface area contributed by atoms with Crippen LogP contribution in [0.4, 0.5) is 0 Å². The van der Waals surface area contributed by atoms with Crippen LogP contribution in [0.3, 0.4) is 0 Å². The highest BCUT2D eigenvalue weighted by Gasteiger charge is 2.09. The normalized spacial score (nSPS) is 10.8. The van der Waals surface area contributed by atoms with Crippen molar-refractivity contribution in [3.05, 3.63) is 51.6 Å². The van der Waals surface area contributed by atoms with Crippen molar-refractivity contribution in [2.75, 3.05) is 6.61 Å². The Balaban J connectivity index is 1.49. The first-order valence-electron chi connectivity index (χ1n) is 6.66. The van der Waals surface area contributed by atoms with Crippen LogP contribution < -0.4 is 4.74 Å². The molecule has 0 fully saturated rings. The van der Waals surface area contributed by atoms with Gasteiger partial charge in [-0.3, -0.25) is 0 Å². The number of rotatable bonds is 6. The molecule has 7 heteroatoms. The van der Waals surface area contributed by atoms with Crippen molar-refractivity contribution in [3.63, 3.8) is 0 Å².